The Hall–Kier alpha value is -2.29. The van der Waals surface area contributed by atoms with Gasteiger partial charge in [-0.1, -0.05) is 158 Å². The Morgan fingerprint density at radius 1 is 0.596 bits per heavy atom. The normalized spacial score (nSPS) is 14.0. The molecule has 9 nitrogen and oxygen atoms in total. The highest BCUT2D eigenvalue weighted by Crippen LogP contribution is 2.43. The predicted octanol–water partition coefficient (Wildman–Crippen LogP) is 11.3. The van der Waals surface area contributed by atoms with Crippen LogP contribution in [0.2, 0.25) is 0 Å². The lowest BCUT2D eigenvalue weighted by Crippen LogP contribution is -2.29. The van der Waals surface area contributed by atoms with E-state index in [1.54, 1.807) is 0 Å². The summed E-state index contributed by atoms with van der Waals surface area (Å²) in [5, 5.41) is 0. The molecule has 0 aromatic rings. The van der Waals surface area contributed by atoms with Gasteiger partial charge in [0.2, 0.25) is 0 Å². The van der Waals surface area contributed by atoms with Crippen molar-refractivity contribution in [1.29, 1.82) is 0 Å². The van der Waals surface area contributed by atoms with Crippen molar-refractivity contribution in [2.24, 2.45) is 5.73 Å². The third kappa shape index (κ3) is 37.5. The zero-order valence-electron chi connectivity index (χ0n) is 32.8. The van der Waals surface area contributed by atoms with Crippen LogP contribution in [0.25, 0.3) is 0 Å². The van der Waals surface area contributed by atoms with Crippen LogP contribution in [-0.2, 0) is 32.7 Å². The highest BCUT2D eigenvalue weighted by Gasteiger charge is 2.25. The molecule has 52 heavy (non-hydrogen) atoms. The molecule has 0 saturated heterocycles. The maximum Gasteiger partial charge on any atom is 0.472 e. The molecule has 2 atom stereocenters. The second kappa shape index (κ2) is 38.4. The summed E-state index contributed by atoms with van der Waals surface area (Å²) >= 11 is 0. The third-order valence-corrected chi connectivity index (χ3v) is 9.15. The number of allylic oxidation sites excluding steroid dienone is 10. The van der Waals surface area contributed by atoms with Gasteiger partial charge in [0.1, 0.15) is 6.61 Å². The van der Waals surface area contributed by atoms with Crippen molar-refractivity contribution in [1.82, 2.24) is 0 Å². The monoisotopic (exact) mass is 752 g/mol. The van der Waals surface area contributed by atoms with E-state index in [0.29, 0.717) is 12.8 Å². The number of nitrogens with two attached hydrogens (primary N) is 1. The van der Waals surface area contributed by atoms with Crippen LogP contribution < -0.4 is 5.73 Å². The van der Waals surface area contributed by atoms with Crippen LogP contribution in [0.1, 0.15) is 162 Å². The van der Waals surface area contributed by atoms with E-state index in [2.05, 4.69) is 68.5 Å². The summed E-state index contributed by atoms with van der Waals surface area (Å²) in [7, 11) is -4.39. The molecular formula is C42H74NO8P. The van der Waals surface area contributed by atoms with Gasteiger partial charge in [-0.3, -0.25) is 18.6 Å². The summed E-state index contributed by atoms with van der Waals surface area (Å²) in [6.45, 7) is 3.54. The Balaban J connectivity index is 4.30. The minimum atomic E-state index is -4.39. The Labute approximate surface area is 317 Å². The fourth-order valence-electron chi connectivity index (χ4n) is 5.20. The first-order valence-electron chi connectivity index (χ1n) is 20.3. The van der Waals surface area contributed by atoms with Crippen LogP contribution in [0.3, 0.4) is 0 Å². The van der Waals surface area contributed by atoms with Gasteiger partial charge in [0, 0.05) is 19.4 Å². The second-order valence-corrected chi connectivity index (χ2v) is 14.6. The standard InChI is InChI=1S/C42H74NO8P/c1-3-5-7-9-11-13-15-17-19-20-21-23-25-27-29-31-33-35-42(45)51-40(39-50-52(46,47)49-37-36-43)38-48-41(44)34-32-30-28-26-24-22-18-16-14-12-10-8-6-4-2/h5,7,11,13,17,19,21,23,27,29,40H,3-4,6,8-10,12,14-16,18,20,22,24-26,28,30-39,43H2,1-2H3,(H,46,47)/b7-5-,13-11-,19-17-,23-21-,29-27-. The molecule has 0 heterocycles. The topological polar surface area (TPSA) is 134 Å². The summed E-state index contributed by atoms with van der Waals surface area (Å²) in [4.78, 5) is 34.8. The number of phosphoric acid groups is 1. The quantitative estimate of drug-likeness (QED) is 0.0275. The van der Waals surface area contributed by atoms with Crippen molar-refractivity contribution in [2.75, 3.05) is 26.4 Å². The van der Waals surface area contributed by atoms with Gasteiger partial charge in [0.25, 0.3) is 0 Å². The number of unbranched alkanes of at least 4 members (excludes halogenated alkanes) is 14. The number of phosphoric ester groups is 1. The summed E-state index contributed by atoms with van der Waals surface area (Å²) in [6.07, 6.45) is 44.0. The van der Waals surface area contributed by atoms with E-state index < -0.39 is 32.5 Å². The summed E-state index contributed by atoms with van der Waals surface area (Å²) in [6, 6.07) is 0. The van der Waals surface area contributed by atoms with Crippen LogP contribution in [0.4, 0.5) is 0 Å². The molecule has 10 heteroatoms. The van der Waals surface area contributed by atoms with Crippen LogP contribution in [-0.4, -0.2) is 49.3 Å². The second-order valence-electron chi connectivity index (χ2n) is 13.1. The van der Waals surface area contributed by atoms with E-state index >= 15 is 0 Å². The lowest BCUT2D eigenvalue weighted by molar-refractivity contribution is -0.161. The molecule has 0 aromatic heterocycles. The van der Waals surface area contributed by atoms with Crippen molar-refractivity contribution in [3.8, 4) is 0 Å². The van der Waals surface area contributed by atoms with E-state index in [0.717, 1.165) is 51.4 Å². The first-order chi connectivity index (χ1) is 25.3. The molecule has 300 valence electrons. The first kappa shape index (κ1) is 49.7. The summed E-state index contributed by atoms with van der Waals surface area (Å²) in [5.41, 5.74) is 5.33. The van der Waals surface area contributed by atoms with Crippen molar-refractivity contribution in [2.45, 2.75) is 168 Å². The SMILES string of the molecule is CC/C=C\C/C=C\C/C=C\C/C=C\C/C=C\CCCC(=O)OC(COC(=O)CCCCCCCCCCCCCCCC)COP(=O)(O)OCCN. The Bertz CT molecular complexity index is 1040. The third-order valence-electron chi connectivity index (χ3n) is 8.17. The summed E-state index contributed by atoms with van der Waals surface area (Å²) in [5.74, 6) is -0.899. The van der Waals surface area contributed by atoms with Gasteiger partial charge in [0.05, 0.1) is 13.2 Å². The van der Waals surface area contributed by atoms with Crippen molar-refractivity contribution in [3.05, 3.63) is 60.8 Å². The number of hydrogen-bond acceptors (Lipinski definition) is 8. The van der Waals surface area contributed by atoms with Crippen molar-refractivity contribution < 1.29 is 37.6 Å². The molecule has 0 rings (SSSR count). The number of carbonyl (C=O) groups is 2. The zero-order valence-corrected chi connectivity index (χ0v) is 33.7. The molecule has 0 aliphatic carbocycles. The molecule has 0 spiro atoms. The molecule has 0 saturated carbocycles. The van der Waals surface area contributed by atoms with E-state index in [4.69, 9.17) is 24.3 Å². The van der Waals surface area contributed by atoms with Gasteiger partial charge < -0.3 is 20.1 Å². The van der Waals surface area contributed by atoms with Gasteiger partial charge in [-0.25, -0.2) is 4.57 Å². The van der Waals surface area contributed by atoms with Gasteiger partial charge >= 0.3 is 19.8 Å². The highest BCUT2D eigenvalue weighted by atomic mass is 31.2. The Morgan fingerprint density at radius 2 is 1.06 bits per heavy atom. The van der Waals surface area contributed by atoms with Gasteiger partial charge in [0.15, 0.2) is 6.10 Å². The largest absolute Gasteiger partial charge is 0.472 e. The van der Waals surface area contributed by atoms with Crippen LogP contribution >= 0.6 is 7.82 Å². The van der Waals surface area contributed by atoms with Gasteiger partial charge in [-0.15, -0.1) is 0 Å². The molecule has 0 fully saturated rings. The maximum atomic E-state index is 12.5. The van der Waals surface area contributed by atoms with Gasteiger partial charge in [-0.2, -0.15) is 0 Å². The summed E-state index contributed by atoms with van der Waals surface area (Å²) < 4.78 is 32.6. The highest BCUT2D eigenvalue weighted by molar-refractivity contribution is 7.47. The Morgan fingerprint density at radius 3 is 1.56 bits per heavy atom. The van der Waals surface area contributed by atoms with E-state index in [-0.39, 0.29) is 32.6 Å². The molecule has 0 amide bonds. The molecule has 0 radical (unpaired) electrons. The average molecular weight is 752 g/mol. The number of carbonyl (C=O) groups excluding carboxylic acids is 2. The van der Waals surface area contributed by atoms with Crippen LogP contribution in [0, 0.1) is 0 Å². The number of esters is 2. The minimum Gasteiger partial charge on any atom is -0.462 e. The Kier molecular flexibility index (Phi) is 36.7. The van der Waals surface area contributed by atoms with Crippen LogP contribution in [0.5, 0.6) is 0 Å². The molecule has 0 bridgehead atoms. The predicted molar refractivity (Wildman–Crippen MR) is 215 cm³/mol. The number of hydrogen-bond donors (Lipinski definition) is 2. The van der Waals surface area contributed by atoms with E-state index in [1.165, 1.54) is 70.6 Å². The zero-order chi connectivity index (χ0) is 38.2. The van der Waals surface area contributed by atoms with Gasteiger partial charge in [-0.05, 0) is 51.4 Å². The number of rotatable bonds is 37. The lowest BCUT2D eigenvalue weighted by atomic mass is 10.0. The first-order valence-corrected chi connectivity index (χ1v) is 21.8. The minimum absolute atomic E-state index is 0.0427. The molecular weight excluding hydrogens is 677 g/mol. The molecule has 2 unspecified atom stereocenters. The van der Waals surface area contributed by atoms with Crippen molar-refractivity contribution in [3.63, 3.8) is 0 Å². The van der Waals surface area contributed by atoms with Crippen LogP contribution in [0.15, 0.2) is 60.8 Å². The smallest absolute Gasteiger partial charge is 0.462 e. The van der Waals surface area contributed by atoms with Crippen molar-refractivity contribution >= 4 is 19.8 Å². The molecule has 0 aliphatic rings. The molecule has 0 aliphatic heterocycles. The molecule has 3 N–H and O–H groups in total. The fraction of sp³-hybridized carbons (Fsp3) is 0.714. The maximum absolute atomic E-state index is 12.5. The lowest BCUT2D eigenvalue weighted by Gasteiger charge is -2.19. The number of ether oxygens (including phenoxy) is 2. The average Bonchev–Trinajstić information content (AvgIpc) is 3.13. The molecule has 0 aromatic carbocycles. The van der Waals surface area contributed by atoms with E-state index in [1.807, 2.05) is 6.08 Å². The fourth-order valence-corrected chi connectivity index (χ4v) is 5.96. The van der Waals surface area contributed by atoms with E-state index in [9.17, 15) is 19.0 Å².